The third kappa shape index (κ3) is 2.76. The number of methoxy groups -OCH3 is 1. The summed E-state index contributed by atoms with van der Waals surface area (Å²) >= 11 is 0. The molecule has 0 aromatic heterocycles. The van der Waals surface area contributed by atoms with E-state index in [1.54, 1.807) is 7.11 Å². The van der Waals surface area contributed by atoms with Crippen LogP contribution in [0.15, 0.2) is 18.2 Å². The van der Waals surface area contributed by atoms with Crippen LogP contribution in [-0.4, -0.2) is 13.2 Å². The molecule has 2 rings (SSSR count). The average Bonchev–Trinajstić information content (AvgIpc) is 2.40. The lowest BCUT2D eigenvalue weighted by atomic mass is 9.85. The Morgan fingerprint density at radius 2 is 2.11 bits per heavy atom. The summed E-state index contributed by atoms with van der Waals surface area (Å²) in [6.45, 7) is 2.06. The Kier molecular flexibility index (Phi) is 4.09. The van der Waals surface area contributed by atoms with E-state index in [1.807, 2.05) is 12.1 Å². The monoisotopic (exact) mass is 244 g/mol. The van der Waals surface area contributed by atoms with Gasteiger partial charge < -0.3 is 10.1 Å². The van der Waals surface area contributed by atoms with Gasteiger partial charge in [0.2, 0.25) is 0 Å². The third-order valence-corrected chi connectivity index (χ3v) is 3.63. The van der Waals surface area contributed by atoms with Crippen LogP contribution in [0.5, 0.6) is 5.75 Å². The highest BCUT2D eigenvalue weighted by molar-refractivity contribution is 5.58. The van der Waals surface area contributed by atoms with Crippen molar-refractivity contribution in [1.29, 1.82) is 5.26 Å². The number of aryl methyl sites for hydroxylation is 1. The van der Waals surface area contributed by atoms with Crippen LogP contribution < -0.4 is 10.1 Å². The molecule has 0 aliphatic heterocycles. The maximum absolute atomic E-state index is 9.20. The number of hydrogen-bond acceptors (Lipinski definition) is 3. The molecule has 1 aromatic carbocycles. The van der Waals surface area contributed by atoms with E-state index in [2.05, 4.69) is 24.4 Å². The summed E-state index contributed by atoms with van der Waals surface area (Å²) in [5, 5.41) is 12.7. The molecule has 3 heteroatoms. The molecule has 0 amide bonds. The van der Waals surface area contributed by atoms with Gasteiger partial charge in [-0.05, 0) is 37.5 Å². The van der Waals surface area contributed by atoms with Crippen molar-refractivity contribution >= 4 is 5.69 Å². The van der Waals surface area contributed by atoms with Gasteiger partial charge in [0.1, 0.15) is 5.75 Å². The van der Waals surface area contributed by atoms with Crippen molar-refractivity contribution < 1.29 is 4.74 Å². The molecule has 0 bridgehead atoms. The van der Waals surface area contributed by atoms with Gasteiger partial charge >= 0.3 is 0 Å². The van der Waals surface area contributed by atoms with Crippen LogP contribution >= 0.6 is 0 Å². The quantitative estimate of drug-likeness (QED) is 0.885. The van der Waals surface area contributed by atoms with Crippen LogP contribution in [0, 0.1) is 24.2 Å². The predicted octanol–water partition coefficient (Wildman–Crippen LogP) is 3.50. The van der Waals surface area contributed by atoms with Crippen molar-refractivity contribution in [3.8, 4) is 11.8 Å². The van der Waals surface area contributed by atoms with Crippen molar-refractivity contribution in [3.63, 3.8) is 0 Å². The molecular weight excluding hydrogens is 224 g/mol. The maximum Gasteiger partial charge on any atom is 0.141 e. The van der Waals surface area contributed by atoms with Gasteiger partial charge in [-0.2, -0.15) is 5.26 Å². The molecule has 0 spiro atoms. The number of anilines is 1. The molecule has 0 heterocycles. The summed E-state index contributed by atoms with van der Waals surface area (Å²) in [7, 11) is 1.68. The normalized spacial score (nSPS) is 23.2. The van der Waals surface area contributed by atoms with Crippen LogP contribution in [0.25, 0.3) is 0 Å². The second kappa shape index (κ2) is 5.77. The van der Waals surface area contributed by atoms with Gasteiger partial charge in [0.25, 0.3) is 0 Å². The first-order valence-corrected chi connectivity index (χ1v) is 6.55. The van der Waals surface area contributed by atoms with Gasteiger partial charge in [0.15, 0.2) is 0 Å². The van der Waals surface area contributed by atoms with Crippen LogP contribution in [0.2, 0.25) is 0 Å². The Bertz CT molecular complexity index is 450. The van der Waals surface area contributed by atoms with Crippen LogP contribution in [0.1, 0.15) is 31.2 Å². The van der Waals surface area contributed by atoms with Gasteiger partial charge in [0.05, 0.1) is 24.8 Å². The number of nitrogens with zero attached hydrogens (tertiary/aromatic N) is 1. The zero-order chi connectivity index (χ0) is 13.0. The first-order valence-electron chi connectivity index (χ1n) is 6.55. The van der Waals surface area contributed by atoms with Crippen molar-refractivity contribution in [2.45, 2.75) is 38.6 Å². The minimum Gasteiger partial charge on any atom is -0.495 e. The van der Waals surface area contributed by atoms with Crippen molar-refractivity contribution in [3.05, 3.63) is 23.8 Å². The Hall–Kier alpha value is -1.69. The lowest BCUT2D eigenvalue weighted by Gasteiger charge is -2.29. The first-order chi connectivity index (χ1) is 8.74. The fraction of sp³-hybridized carbons (Fsp3) is 0.533. The van der Waals surface area contributed by atoms with Gasteiger partial charge in [-0.1, -0.05) is 18.9 Å². The molecule has 0 saturated heterocycles. The molecule has 1 fully saturated rings. The van der Waals surface area contributed by atoms with Crippen molar-refractivity contribution in [1.82, 2.24) is 0 Å². The highest BCUT2D eigenvalue weighted by Crippen LogP contribution is 2.31. The highest BCUT2D eigenvalue weighted by Gasteiger charge is 2.25. The van der Waals surface area contributed by atoms with E-state index in [0.29, 0.717) is 0 Å². The number of hydrogen-bond donors (Lipinski definition) is 1. The summed E-state index contributed by atoms with van der Waals surface area (Å²) in [6.07, 6.45) is 4.43. The van der Waals surface area contributed by atoms with Gasteiger partial charge in [-0.25, -0.2) is 0 Å². The predicted molar refractivity (Wildman–Crippen MR) is 72.7 cm³/mol. The first kappa shape index (κ1) is 12.8. The van der Waals surface area contributed by atoms with Crippen LogP contribution in [0.4, 0.5) is 5.69 Å². The van der Waals surface area contributed by atoms with E-state index in [0.717, 1.165) is 24.3 Å². The van der Waals surface area contributed by atoms with Crippen LogP contribution in [0.3, 0.4) is 0 Å². The Morgan fingerprint density at radius 1 is 1.33 bits per heavy atom. The second-order valence-corrected chi connectivity index (χ2v) is 4.97. The van der Waals surface area contributed by atoms with E-state index in [4.69, 9.17) is 4.74 Å². The number of nitriles is 1. The third-order valence-electron chi connectivity index (χ3n) is 3.63. The van der Waals surface area contributed by atoms with E-state index < -0.39 is 0 Å². The highest BCUT2D eigenvalue weighted by atomic mass is 16.5. The van der Waals surface area contributed by atoms with Gasteiger partial charge in [-0.3, -0.25) is 0 Å². The number of nitrogens with one attached hydrogen (secondary N) is 1. The molecule has 1 aromatic rings. The molecule has 96 valence electrons. The minimum atomic E-state index is 0.115. The lowest BCUT2D eigenvalue weighted by Crippen LogP contribution is -2.31. The molecule has 1 aliphatic rings. The summed E-state index contributed by atoms with van der Waals surface area (Å²) in [5.74, 6) is 0.965. The maximum atomic E-state index is 9.20. The fourth-order valence-electron chi connectivity index (χ4n) is 2.59. The minimum absolute atomic E-state index is 0.115. The van der Waals surface area contributed by atoms with Crippen molar-refractivity contribution in [2.75, 3.05) is 12.4 Å². The molecular formula is C15H20N2O. The standard InChI is InChI=1S/C15H20N2O/c1-11-7-8-15(18-2)14(9-11)17-13-6-4-3-5-12(13)10-16/h7-9,12-13,17H,3-6H2,1-2H3. The van der Waals surface area contributed by atoms with Crippen molar-refractivity contribution in [2.24, 2.45) is 5.92 Å². The smallest absolute Gasteiger partial charge is 0.141 e. The molecule has 1 saturated carbocycles. The number of benzene rings is 1. The van der Waals surface area contributed by atoms with Gasteiger partial charge in [-0.15, -0.1) is 0 Å². The molecule has 1 N–H and O–H groups in total. The Morgan fingerprint density at radius 3 is 2.83 bits per heavy atom. The molecule has 3 nitrogen and oxygen atoms in total. The molecule has 1 aliphatic carbocycles. The topological polar surface area (TPSA) is 45.0 Å². The Balaban J connectivity index is 2.17. The van der Waals surface area contributed by atoms with E-state index >= 15 is 0 Å². The van der Waals surface area contributed by atoms with E-state index in [9.17, 15) is 5.26 Å². The summed E-state index contributed by atoms with van der Waals surface area (Å²) in [5.41, 5.74) is 2.20. The average molecular weight is 244 g/mol. The zero-order valence-electron chi connectivity index (χ0n) is 11.1. The number of rotatable bonds is 3. The van der Waals surface area contributed by atoms with Crippen LogP contribution in [-0.2, 0) is 0 Å². The summed E-state index contributed by atoms with van der Waals surface area (Å²) in [6, 6.07) is 8.77. The second-order valence-electron chi connectivity index (χ2n) is 4.97. The fourth-order valence-corrected chi connectivity index (χ4v) is 2.59. The summed E-state index contributed by atoms with van der Waals surface area (Å²) in [4.78, 5) is 0. The molecule has 2 unspecified atom stereocenters. The molecule has 0 radical (unpaired) electrons. The van der Waals surface area contributed by atoms with Gasteiger partial charge in [0, 0.05) is 6.04 Å². The van der Waals surface area contributed by atoms with E-state index in [-0.39, 0.29) is 12.0 Å². The molecule has 18 heavy (non-hydrogen) atoms. The Labute approximate surface area is 109 Å². The SMILES string of the molecule is COc1ccc(C)cc1NC1CCCCC1C#N. The lowest BCUT2D eigenvalue weighted by molar-refractivity contribution is 0.383. The molecule has 2 atom stereocenters. The van der Waals surface area contributed by atoms with E-state index in [1.165, 1.54) is 18.4 Å². The summed E-state index contributed by atoms with van der Waals surface area (Å²) < 4.78 is 5.37. The zero-order valence-corrected chi connectivity index (χ0v) is 11.1. The largest absolute Gasteiger partial charge is 0.495 e. The number of ether oxygens (including phenoxy) is 1.